The van der Waals surface area contributed by atoms with E-state index in [-0.39, 0.29) is 0 Å². The van der Waals surface area contributed by atoms with Crippen LogP contribution in [0, 0.1) is 11.8 Å². The Morgan fingerprint density at radius 2 is 2.05 bits per heavy atom. The fraction of sp³-hybridized carbons (Fsp3) is 1.00. The van der Waals surface area contributed by atoms with Crippen molar-refractivity contribution in [3.63, 3.8) is 0 Å². The second kappa shape index (κ2) is 8.23. The number of hydrogen-bond acceptors (Lipinski definition) is 3. The van der Waals surface area contributed by atoms with Gasteiger partial charge in [-0.05, 0) is 38.1 Å². The fourth-order valence-corrected chi connectivity index (χ4v) is 3.54. The second-order valence-electron chi connectivity index (χ2n) is 6.23. The Bertz CT molecular complexity index is 241. The average Bonchev–Trinajstić information content (AvgIpc) is 2.92. The molecule has 1 heterocycles. The van der Waals surface area contributed by atoms with Gasteiger partial charge in [0.15, 0.2) is 0 Å². The van der Waals surface area contributed by atoms with E-state index in [0.29, 0.717) is 18.1 Å². The summed E-state index contributed by atoms with van der Waals surface area (Å²) in [5.41, 5.74) is 0. The van der Waals surface area contributed by atoms with Gasteiger partial charge in [-0.3, -0.25) is 0 Å². The van der Waals surface area contributed by atoms with Gasteiger partial charge in [0.2, 0.25) is 0 Å². The highest BCUT2D eigenvalue weighted by Gasteiger charge is 2.31. The molecule has 112 valence electrons. The highest BCUT2D eigenvalue weighted by Crippen LogP contribution is 2.30. The molecule has 2 rings (SSSR count). The zero-order valence-electron chi connectivity index (χ0n) is 12.7. The molecule has 0 aromatic heterocycles. The van der Waals surface area contributed by atoms with E-state index in [0.717, 1.165) is 32.3 Å². The molecule has 0 radical (unpaired) electrons. The van der Waals surface area contributed by atoms with Crippen LogP contribution in [0.3, 0.4) is 0 Å². The minimum absolute atomic E-state index is 0.422. The Morgan fingerprint density at radius 3 is 2.74 bits per heavy atom. The summed E-state index contributed by atoms with van der Waals surface area (Å²) in [5, 5.41) is 3.62. The van der Waals surface area contributed by atoms with Crippen molar-refractivity contribution in [1.82, 2.24) is 5.32 Å². The Hall–Kier alpha value is -0.120. The van der Waals surface area contributed by atoms with Gasteiger partial charge in [-0.25, -0.2) is 0 Å². The summed E-state index contributed by atoms with van der Waals surface area (Å²) >= 11 is 0. The van der Waals surface area contributed by atoms with E-state index in [1.165, 1.54) is 38.5 Å². The molecule has 1 N–H and O–H groups in total. The largest absolute Gasteiger partial charge is 0.381 e. The molecule has 1 saturated carbocycles. The first-order valence-electron chi connectivity index (χ1n) is 8.26. The molecule has 2 fully saturated rings. The molecular weight excluding hydrogens is 238 g/mol. The van der Waals surface area contributed by atoms with Crippen LogP contribution in [0.4, 0.5) is 0 Å². The van der Waals surface area contributed by atoms with Crippen molar-refractivity contribution in [3.05, 3.63) is 0 Å². The smallest absolute Gasteiger partial charge is 0.0730 e. The molecule has 3 heteroatoms. The van der Waals surface area contributed by atoms with Gasteiger partial charge in [0.1, 0.15) is 0 Å². The predicted molar refractivity (Wildman–Crippen MR) is 78.4 cm³/mol. The fourth-order valence-electron chi connectivity index (χ4n) is 3.54. The first-order chi connectivity index (χ1) is 9.33. The molecule has 4 atom stereocenters. The molecule has 0 spiro atoms. The summed E-state index contributed by atoms with van der Waals surface area (Å²) < 4.78 is 11.7. The molecule has 0 aromatic carbocycles. The van der Waals surface area contributed by atoms with Crippen LogP contribution in [0.2, 0.25) is 0 Å². The minimum Gasteiger partial charge on any atom is -0.381 e. The van der Waals surface area contributed by atoms with E-state index in [4.69, 9.17) is 9.47 Å². The maximum absolute atomic E-state index is 6.27. The maximum atomic E-state index is 6.27. The zero-order valence-corrected chi connectivity index (χ0v) is 12.7. The first-order valence-corrected chi connectivity index (χ1v) is 8.26. The molecule has 0 amide bonds. The van der Waals surface area contributed by atoms with E-state index in [1.54, 1.807) is 0 Å². The van der Waals surface area contributed by atoms with Gasteiger partial charge in [-0.2, -0.15) is 0 Å². The van der Waals surface area contributed by atoms with Crippen LogP contribution in [0.1, 0.15) is 52.4 Å². The van der Waals surface area contributed by atoms with Gasteiger partial charge in [-0.1, -0.05) is 26.7 Å². The summed E-state index contributed by atoms with van der Waals surface area (Å²) in [7, 11) is 0. The average molecular weight is 269 g/mol. The van der Waals surface area contributed by atoms with Crippen LogP contribution in [0.5, 0.6) is 0 Å². The molecule has 0 aromatic rings. The quantitative estimate of drug-likeness (QED) is 0.771. The molecule has 4 unspecified atom stereocenters. The van der Waals surface area contributed by atoms with Crippen molar-refractivity contribution in [2.75, 3.05) is 26.4 Å². The van der Waals surface area contributed by atoms with Crippen LogP contribution in [-0.4, -0.2) is 38.5 Å². The Morgan fingerprint density at radius 1 is 1.16 bits per heavy atom. The monoisotopic (exact) mass is 269 g/mol. The van der Waals surface area contributed by atoms with Gasteiger partial charge in [0.25, 0.3) is 0 Å². The second-order valence-corrected chi connectivity index (χ2v) is 6.23. The van der Waals surface area contributed by atoms with Crippen LogP contribution < -0.4 is 5.32 Å². The molecule has 1 saturated heterocycles. The summed E-state index contributed by atoms with van der Waals surface area (Å²) in [4.78, 5) is 0. The maximum Gasteiger partial charge on any atom is 0.0730 e. The lowest BCUT2D eigenvalue weighted by Gasteiger charge is -2.37. The number of likely N-dealkylation sites (N-methyl/N-ethyl adjacent to an activating group) is 1. The number of ether oxygens (including phenoxy) is 2. The van der Waals surface area contributed by atoms with E-state index >= 15 is 0 Å². The van der Waals surface area contributed by atoms with Crippen molar-refractivity contribution >= 4 is 0 Å². The standard InChI is InChI=1S/C16H31NO2/c1-3-5-13-6-7-15(17-4-2)16(10-13)19-12-14-8-9-18-11-14/h13-17H,3-12H2,1-2H3. The van der Waals surface area contributed by atoms with Gasteiger partial charge in [-0.15, -0.1) is 0 Å². The minimum atomic E-state index is 0.422. The zero-order chi connectivity index (χ0) is 13.5. The lowest BCUT2D eigenvalue weighted by molar-refractivity contribution is -0.0270. The van der Waals surface area contributed by atoms with Gasteiger partial charge in [0.05, 0.1) is 19.3 Å². The Labute approximate surface area is 118 Å². The molecule has 2 aliphatic rings. The van der Waals surface area contributed by atoms with Crippen molar-refractivity contribution in [2.45, 2.75) is 64.5 Å². The van der Waals surface area contributed by atoms with Crippen LogP contribution >= 0.6 is 0 Å². The highest BCUT2D eigenvalue weighted by molar-refractivity contribution is 4.86. The third-order valence-electron chi connectivity index (χ3n) is 4.63. The van der Waals surface area contributed by atoms with E-state index in [1.807, 2.05) is 0 Å². The summed E-state index contributed by atoms with van der Waals surface area (Å²) in [5.74, 6) is 1.51. The Kier molecular flexibility index (Phi) is 6.62. The van der Waals surface area contributed by atoms with Gasteiger partial charge >= 0.3 is 0 Å². The molecule has 1 aliphatic carbocycles. The number of nitrogens with one attached hydrogen (secondary N) is 1. The summed E-state index contributed by atoms with van der Waals surface area (Å²) in [6, 6.07) is 0.570. The molecule has 19 heavy (non-hydrogen) atoms. The van der Waals surface area contributed by atoms with Crippen LogP contribution in [-0.2, 0) is 9.47 Å². The third-order valence-corrected chi connectivity index (χ3v) is 4.63. The van der Waals surface area contributed by atoms with Crippen molar-refractivity contribution in [1.29, 1.82) is 0 Å². The van der Waals surface area contributed by atoms with Crippen molar-refractivity contribution < 1.29 is 9.47 Å². The lowest BCUT2D eigenvalue weighted by Crippen LogP contribution is -2.46. The van der Waals surface area contributed by atoms with E-state index < -0.39 is 0 Å². The molecule has 0 bridgehead atoms. The molecule has 1 aliphatic heterocycles. The number of rotatable bonds is 7. The molecular formula is C16H31NO2. The summed E-state index contributed by atoms with van der Waals surface area (Å²) in [6.45, 7) is 8.26. The first kappa shape index (κ1) is 15.3. The lowest BCUT2D eigenvalue weighted by atomic mass is 9.81. The molecule has 3 nitrogen and oxygen atoms in total. The van der Waals surface area contributed by atoms with Crippen molar-refractivity contribution in [3.8, 4) is 0 Å². The topological polar surface area (TPSA) is 30.5 Å². The summed E-state index contributed by atoms with van der Waals surface area (Å²) in [6.07, 6.45) is 8.18. The highest BCUT2D eigenvalue weighted by atomic mass is 16.5. The van der Waals surface area contributed by atoms with E-state index in [9.17, 15) is 0 Å². The number of hydrogen-bond donors (Lipinski definition) is 1. The van der Waals surface area contributed by atoms with Crippen LogP contribution in [0.25, 0.3) is 0 Å². The third kappa shape index (κ3) is 4.73. The Balaban J connectivity index is 1.79. The van der Waals surface area contributed by atoms with Crippen LogP contribution in [0.15, 0.2) is 0 Å². The normalized spacial score (nSPS) is 35.7. The SMILES string of the molecule is CCCC1CCC(NCC)C(OCC2CCOC2)C1. The van der Waals surface area contributed by atoms with Gasteiger partial charge < -0.3 is 14.8 Å². The predicted octanol–water partition coefficient (Wildman–Crippen LogP) is 2.99. The van der Waals surface area contributed by atoms with E-state index in [2.05, 4.69) is 19.2 Å². The van der Waals surface area contributed by atoms with Crippen molar-refractivity contribution in [2.24, 2.45) is 11.8 Å². The van der Waals surface area contributed by atoms with Gasteiger partial charge in [0, 0.05) is 18.6 Å².